The molecule has 2 atom stereocenters. The van der Waals surface area contributed by atoms with E-state index in [1.54, 1.807) is 7.11 Å². The average molecular weight is 399 g/mol. The van der Waals surface area contributed by atoms with Gasteiger partial charge in [-0.2, -0.15) is 0 Å². The summed E-state index contributed by atoms with van der Waals surface area (Å²) < 4.78 is 13.6. The molecule has 2 saturated heterocycles. The largest absolute Gasteiger partial charge is 0.493 e. The number of likely N-dealkylation sites (tertiary alicyclic amines) is 1. The molecule has 0 unspecified atom stereocenters. The zero-order valence-electron chi connectivity index (χ0n) is 16.8. The van der Waals surface area contributed by atoms with Gasteiger partial charge in [-0.25, -0.2) is 4.57 Å². The molecule has 5 rings (SSSR count). The van der Waals surface area contributed by atoms with Crippen LogP contribution in [0.5, 0.6) is 11.5 Å². The number of aromatic nitrogens is 3. The Bertz CT molecular complexity index is 878. The first-order valence-corrected chi connectivity index (χ1v) is 10.5. The molecule has 3 aliphatic heterocycles. The number of carbonyl (C=O) groups is 1. The summed E-state index contributed by atoms with van der Waals surface area (Å²) in [4.78, 5) is 15.7. The van der Waals surface area contributed by atoms with Gasteiger partial charge >= 0.3 is 0 Å². The molecule has 2 fully saturated rings. The summed E-state index contributed by atoms with van der Waals surface area (Å²) >= 11 is 0. The summed E-state index contributed by atoms with van der Waals surface area (Å²) in [6.07, 6.45) is 6.53. The number of hydrogen-bond acceptors (Lipinski definition) is 4. The summed E-state index contributed by atoms with van der Waals surface area (Å²) in [5, 5.41) is 9.20. The van der Waals surface area contributed by atoms with E-state index >= 15 is 0 Å². The van der Waals surface area contributed by atoms with Crippen LogP contribution in [-0.2, 0) is 10.2 Å². The number of quaternary nitrogens is 1. The van der Waals surface area contributed by atoms with Crippen molar-refractivity contribution in [3.8, 4) is 11.5 Å². The molecule has 1 spiro atoms. The maximum Gasteiger partial charge on any atom is 0.265 e. The topological polar surface area (TPSA) is 87.9 Å². The number of nitrogens with zero attached hydrogens (tertiary/aromatic N) is 3. The van der Waals surface area contributed by atoms with E-state index in [0.29, 0.717) is 18.6 Å². The van der Waals surface area contributed by atoms with Crippen LogP contribution in [0.15, 0.2) is 30.9 Å². The van der Waals surface area contributed by atoms with Gasteiger partial charge in [0, 0.05) is 23.8 Å². The molecule has 2 aromatic rings. The van der Waals surface area contributed by atoms with Crippen molar-refractivity contribution in [2.24, 2.45) is 5.92 Å². The molecule has 8 nitrogen and oxygen atoms in total. The lowest BCUT2D eigenvalue weighted by atomic mass is 9.68. The fraction of sp³-hybridized carbons (Fsp3) is 0.571. The van der Waals surface area contributed by atoms with Crippen LogP contribution in [-0.4, -0.2) is 60.9 Å². The van der Waals surface area contributed by atoms with Crippen molar-refractivity contribution in [3.63, 3.8) is 0 Å². The van der Waals surface area contributed by atoms with Gasteiger partial charge in [0.05, 0.1) is 38.3 Å². The molecule has 1 amide bonds. The number of methoxy groups -OCH3 is 1. The Hall–Kier alpha value is -2.61. The molecule has 29 heavy (non-hydrogen) atoms. The van der Waals surface area contributed by atoms with Gasteiger partial charge in [0.25, 0.3) is 6.33 Å². The van der Waals surface area contributed by atoms with Crippen molar-refractivity contribution in [2.75, 3.05) is 39.9 Å². The highest BCUT2D eigenvalue weighted by Crippen LogP contribution is 2.48. The van der Waals surface area contributed by atoms with E-state index in [0.717, 1.165) is 62.5 Å². The summed E-state index contributed by atoms with van der Waals surface area (Å²) in [6, 6.07) is 6.49. The Morgan fingerprint density at radius 2 is 2.28 bits per heavy atom. The first kappa shape index (κ1) is 18.4. The minimum absolute atomic E-state index is 0.0182. The zero-order chi connectivity index (χ0) is 19.8. The lowest BCUT2D eigenvalue weighted by molar-refractivity contribution is -0.725. The number of fused-ring (bicyclic) bond motifs is 2. The van der Waals surface area contributed by atoms with Crippen LogP contribution in [0.1, 0.15) is 30.9 Å². The number of H-pyrrole nitrogens is 1. The monoisotopic (exact) mass is 399 g/mol. The highest BCUT2D eigenvalue weighted by Gasteiger charge is 2.55. The van der Waals surface area contributed by atoms with E-state index in [1.165, 1.54) is 0 Å². The number of amides is 1. The van der Waals surface area contributed by atoms with E-state index < -0.39 is 0 Å². The second-order valence-electron chi connectivity index (χ2n) is 8.38. The number of nitrogens with one attached hydrogen (secondary N) is 1. The third-order valence-corrected chi connectivity index (χ3v) is 7.08. The highest BCUT2D eigenvalue weighted by atomic mass is 16.5. The molecular formula is C21H29N5O3+2. The van der Waals surface area contributed by atoms with Gasteiger partial charge in [0.2, 0.25) is 12.2 Å². The van der Waals surface area contributed by atoms with Crippen molar-refractivity contribution in [2.45, 2.75) is 30.7 Å². The van der Waals surface area contributed by atoms with Crippen molar-refractivity contribution in [1.29, 1.82) is 0 Å². The molecule has 3 N–H and O–H groups in total. The van der Waals surface area contributed by atoms with Gasteiger partial charge in [0.15, 0.2) is 11.5 Å². The second-order valence-corrected chi connectivity index (χ2v) is 8.38. The fourth-order valence-electron chi connectivity index (χ4n) is 5.51. The van der Waals surface area contributed by atoms with Gasteiger partial charge in [0.1, 0.15) is 5.92 Å². The Labute approximate surface area is 170 Å². The summed E-state index contributed by atoms with van der Waals surface area (Å²) in [5.74, 6) is 1.86. The van der Waals surface area contributed by atoms with Crippen molar-refractivity contribution >= 4 is 5.91 Å². The molecule has 0 radical (unpaired) electrons. The minimum Gasteiger partial charge on any atom is -0.493 e. The maximum atomic E-state index is 13.6. The number of ether oxygens (including phenoxy) is 2. The molecule has 0 aliphatic carbocycles. The molecular weight excluding hydrogens is 370 g/mol. The van der Waals surface area contributed by atoms with Crippen LogP contribution in [0, 0.1) is 5.92 Å². The van der Waals surface area contributed by atoms with E-state index in [1.807, 2.05) is 24.8 Å². The summed E-state index contributed by atoms with van der Waals surface area (Å²) in [7, 11) is 1.67. The molecule has 0 bridgehead atoms. The standard InChI is InChI=1S/C21H27N5O3/c1-28-18-4-2-3-16-19(18)29-10-7-21(16)12-22-11-17(21)20(27)25-8-5-15(6-9-25)26-13-23-24-14-26/h2-4,13-15,17,22H,5-12H2,1H3/p+2/t17-,21-/m0/s1. The first-order valence-electron chi connectivity index (χ1n) is 10.5. The minimum atomic E-state index is -0.171. The van der Waals surface area contributed by atoms with Gasteiger partial charge in [-0.3, -0.25) is 4.79 Å². The van der Waals surface area contributed by atoms with Crippen molar-refractivity contribution in [1.82, 2.24) is 15.1 Å². The van der Waals surface area contributed by atoms with Gasteiger partial charge < -0.3 is 19.7 Å². The van der Waals surface area contributed by atoms with Crippen molar-refractivity contribution in [3.05, 3.63) is 36.4 Å². The van der Waals surface area contributed by atoms with E-state index in [4.69, 9.17) is 9.47 Å². The number of aromatic amines is 1. The molecule has 154 valence electrons. The van der Waals surface area contributed by atoms with E-state index in [-0.39, 0.29) is 11.3 Å². The van der Waals surface area contributed by atoms with Crippen LogP contribution >= 0.6 is 0 Å². The molecule has 1 aromatic carbocycles. The lowest BCUT2D eigenvalue weighted by Gasteiger charge is -2.40. The number of hydrogen-bond donors (Lipinski definition) is 2. The fourth-order valence-corrected chi connectivity index (χ4v) is 5.51. The van der Waals surface area contributed by atoms with E-state index in [2.05, 4.69) is 31.0 Å². The van der Waals surface area contributed by atoms with Gasteiger partial charge in [-0.15, -0.1) is 5.10 Å². The Morgan fingerprint density at radius 1 is 1.41 bits per heavy atom. The number of carbonyl (C=O) groups excluding carboxylic acids is 1. The first-order chi connectivity index (χ1) is 14.2. The van der Waals surface area contributed by atoms with Gasteiger partial charge in [-0.05, 0) is 25.3 Å². The predicted octanol–water partition coefficient (Wildman–Crippen LogP) is -0.217. The van der Waals surface area contributed by atoms with Crippen LogP contribution in [0.2, 0.25) is 0 Å². The number of para-hydroxylation sites is 1. The Morgan fingerprint density at radius 3 is 3.03 bits per heavy atom. The average Bonchev–Trinajstić information content (AvgIpc) is 3.44. The molecule has 0 saturated carbocycles. The highest BCUT2D eigenvalue weighted by molar-refractivity contribution is 5.82. The number of piperidine rings is 1. The van der Waals surface area contributed by atoms with Crippen LogP contribution in [0.3, 0.4) is 0 Å². The third kappa shape index (κ3) is 2.97. The lowest BCUT2D eigenvalue weighted by Crippen LogP contribution is -2.82. The Kier molecular flexibility index (Phi) is 4.66. The molecule has 8 heteroatoms. The third-order valence-electron chi connectivity index (χ3n) is 7.08. The summed E-state index contributed by atoms with van der Waals surface area (Å²) in [5.41, 5.74) is 0.967. The molecule has 1 aromatic heterocycles. The van der Waals surface area contributed by atoms with Crippen LogP contribution < -0.4 is 19.4 Å². The second kappa shape index (κ2) is 7.33. The number of nitrogens with two attached hydrogens (primary N) is 1. The zero-order valence-corrected chi connectivity index (χ0v) is 16.8. The predicted molar refractivity (Wildman–Crippen MR) is 104 cm³/mol. The normalized spacial score (nSPS) is 26.9. The van der Waals surface area contributed by atoms with Crippen LogP contribution in [0.4, 0.5) is 0 Å². The SMILES string of the molecule is COc1cccc2c1OCC[C@]21C[NH2+]C[C@H]1C(=O)N1CCC([n+]2cn[nH]c2)CC1. The summed E-state index contributed by atoms with van der Waals surface area (Å²) in [6.45, 7) is 4.00. The molecule has 3 aliphatic rings. The Balaban J connectivity index is 1.38. The van der Waals surface area contributed by atoms with E-state index in [9.17, 15) is 4.79 Å². The maximum absolute atomic E-state index is 13.6. The number of rotatable bonds is 3. The number of benzene rings is 1. The quantitative estimate of drug-likeness (QED) is 0.699. The smallest absolute Gasteiger partial charge is 0.265 e. The van der Waals surface area contributed by atoms with Gasteiger partial charge in [-0.1, -0.05) is 12.1 Å². The molecule has 4 heterocycles. The van der Waals surface area contributed by atoms with Crippen LogP contribution in [0.25, 0.3) is 0 Å². The van der Waals surface area contributed by atoms with Crippen molar-refractivity contribution < 1.29 is 24.2 Å².